The molecule has 0 radical (unpaired) electrons. The number of nitrogens with zero attached hydrogens (tertiary/aromatic N) is 1. The molecule has 0 bridgehead atoms. The van der Waals surface area contributed by atoms with E-state index >= 15 is 0 Å². The highest BCUT2D eigenvalue weighted by molar-refractivity contribution is 15.0. The van der Waals surface area contributed by atoms with Crippen molar-refractivity contribution in [1.82, 2.24) is 4.90 Å². The van der Waals surface area contributed by atoms with E-state index in [0.29, 0.717) is 0 Å². The van der Waals surface area contributed by atoms with Crippen molar-refractivity contribution in [2.24, 2.45) is 0 Å². The van der Waals surface area contributed by atoms with Gasteiger partial charge in [-0.05, 0) is 14.1 Å². The number of aliphatic hydroxyl groups excluding tert-OH is 1. The maximum absolute atomic E-state index is 8.20. The summed E-state index contributed by atoms with van der Waals surface area (Å²) in [6, 6.07) is 0. The molecule has 0 amide bonds. The van der Waals surface area contributed by atoms with Crippen LogP contribution in [-0.4, -0.2) is 37.3 Å². The molecule has 0 fully saturated rings. The molecule has 4 heteroatoms. The minimum Gasteiger partial charge on any atom is -0.395 e. The molecule has 0 rings (SSSR count). The van der Waals surface area contributed by atoms with Gasteiger partial charge < -0.3 is 10.0 Å². The molecule has 0 saturated carbocycles. The lowest BCUT2D eigenvalue weighted by atomic mass is 10.6. The van der Waals surface area contributed by atoms with Crippen molar-refractivity contribution in [3.8, 4) is 0 Å². The van der Waals surface area contributed by atoms with E-state index in [1.54, 1.807) is 0 Å². The molecule has 1 N–H and O–H groups in total. The van der Waals surface area contributed by atoms with Gasteiger partial charge in [0.1, 0.15) is 0 Å². The number of aliphatic hydroxyl groups is 1. The summed E-state index contributed by atoms with van der Waals surface area (Å²) < 4.78 is 0. The van der Waals surface area contributed by atoms with Crippen LogP contribution in [0.25, 0.3) is 0 Å². The maximum atomic E-state index is 8.20. The molecule has 52 valence electrons. The first-order valence-electron chi connectivity index (χ1n) is 2.17. The molecular weight excluding hydrogens is 332 g/mol. The topological polar surface area (TPSA) is 23.5 Å². The zero-order valence-electron chi connectivity index (χ0n) is 5.06. The molecule has 2 nitrogen and oxygen atoms in total. The molecule has 0 aliphatic rings. The summed E-state index contributed by atoms with van der Waals surface area (Å²) in [4.78, 5) is 1.93. The first-order chi connectivity index (χ1) is 3.77. The number of hydrogen-bond acceptors (Lipinski definition) is 2. The summed E-state index contributed by atoms with van der Waals surface area (Å²) in [6.07, 6.45) is 0. The molecule has 0 aromatic carbocycles. The van der Waals surface area contributed by atoms with E-state index in [0.717, 1.165) is 6.54 Å². The molecule has 0 saturated heterocycles. The number of rotatable bonds is 2. The summed E-state index contributed by atoms with van der Waals surface area (Å²) in [5.74, 6) is 0. The van der Waals surface area contributed by atoms with Gasteiger partial charge in [-0.1, -0.05) is 0 Å². The molecule has 0 spiro atoms. The molecule has 0 heterocycles. The molecule has 0 aliphatic heterocycles. The molecule has 0 atom stereocenters. The summed E-state index contributed by atoms with van der Waals surface area (Å²) in [7, 11) is 3.85. The van der Waals surface area contributed by atoms with Crippen LogP contribution in [0.3, 0.4) is 0 Å². The smallest absolute Gasteiger partial charge is 0.0558 e. The van der Waals surface area contributed by atoms with Crippen molar-refractivity contribution in [3.63, 3.8) is 0 Å². The van der Waals surface area contributed by atoms with Crippen molar-refractivity contribution in [1.29, 1.82) is 0 Å². The van der Waals surface area contributed by atoms with Gasteiger partial charge in [-0.2, -0.15) is 0 Å². The van der Waals surface area contributed by atoms with E-state index in [1.807, 2.05) is 19.0 Å². The van der Waals surface area contributed by atoms with Crippen LogP contribution in [-0.2, 0) is 0 Å². The largest absolute Gasteiger partial charge is 0.395 e. The van der Waals surface area contributed by atoms with E-state index in [9.17, 15) is 0 Å². The number of likely N-dealkylation sites (N-methyl/N-ethyl adjacent to an activating group) is 1. The third-order valence-electron chi connectivity index (χ3n) is 0.547. The lowest BCUT2D eigenvalue weighted by Crippen LogP contribution is -2.15. The second-order valence-corrected chi connectivity index (χ2v) is 1.53. The van der Waals surface area contributed by atoms with Crippen LogP contribution in [0.5, 0.6) is 0 Å². The van der Waals surface area contributed by atoms with Gasteiger partial charge in [-0.25, -0.2) is 0 Å². The highest BCUT2D eigenvalue weighted by Gasteiger charge is 1.80. The Hall–Kier alpha value is 1.38. The van der Waals surface area contributed by atoms with E-state index in [-0.39, 0.29) is 6.61 Å². The van der Waals surface area contributed by atoms with Gasteiger partial charge in [0.25, 0.3) is 0 Å². The summed E-state index contributed by atoms with van der Waals surface area (Å²) >= 11 is 4.24. The SMILES string of the molecule is CN(C)CCO.II. The molecule has 0 unspecified atom stereocenters. The van der Waals surface area contributed by atoms with Crippen molar-refractivity contribution >= 4 is 37.2 Å². The highest BCUT2D eigenvalue weighted by atomic mass is 128. The van der Waals surface area contributed by atoms with E-state index in [1.165, 1.54) is 0 Å². The molecular formula is C4H11I2NO. The lowest BCUT2D eigenvalue weighted by molar-refractivity contribution is 0.243. The average Bonchev–Trinajstić information content (AvgIpc) is 1.72. The van der Waals surface area contributed by atoms with Crippen LogP contribution in [0.2, 0.25) is 0 Å². The van der Waals surface area contributed by atoms with Crippen molar-refractivity contribution in [3.05, 3.63) is 0 Å². The van der Waals surface area contributed by atoms with Crippen LogP contribution in [0.1, 0.15) is 0 Å². The Balaban J connectivity index is 0. The second-order valence-electron chi connectivity index (χ2n) is 1.53. The van der Waals surface area contributed by atoms with Crippen LogP contribution < -0.4 is 0 Å². The van der Waals surface area contributed by atoms with Crippen LogP contribution >= 0.6 is 37.2 Å². The van der Waals surface area contributed by atoms with Gasteiger partial charge in [0.05, 0.1) is 6.61 Å². The average molecular weight is 343 g/mol. The Morgan fingerprint density at radius 1 is 1.38 bits per heavy atom. The van der Waals surface area contributed by atoms with Crippen LogP contribution in [0.15, 0.2) is 0 Å². The minimum absolute atomic E-state index is 0.257. The molecule has 8 heavy (non-hydrogen) atoms. The monoisotopic (exact) mass is 343 g/mol. The summed E-state index contributed by atoms with van der Waals surface area (Å²) in [5, 5.41) is 8.20. The first kappa shape index (κ1) is 12.1. The zero-order chi connectivity index (χ0) is 6.99. The Morgan fingerprint density at radius 3 is 1.75 bits per heavy atom. The van der Waals surface area contributed by atoms with Crippen LogP contribution in [0.4, 0.5) is 0 Å². The molecule has 0 aromatic rings. The summed E-state index contributed by atoms with van der Waals surface area (Å²) in [5.41, 5.74) is 0. The van der Waals surface area contributed by atoms with Gasteiger partial charge in [0.15, 0.2) is 0 Å². The minimum atomic E-state index is 0.257. The maximum Gasteiger partial charge on any atom is 0.0558 e. The van der Waals surface area contributed by atoms with Crippen LogP contribution in [0, 0.1) is 0 Å². The normalized spacial score (nSPS) is 8.25. The predicted octanol–water partition coefficient (Wildman–Crippen LogP) is 1.31. The van der Waals surface area contributed by atoms with E-state index in [4.69, 9.17) is 5.11 Å². The van der Waals surface area contributed by atoms with E-state index in [2.05, 4.69) is 37.2 Å². The Labute approximate surface area is 74.0 Å². The highest BCUT2D eigenvalue weighted by Crippen LogP contribution is 1.89. The van der Waals surface area contributed by atoms with Gasteiger partial charge in [-0.3, -0.25) is 0 Å². The standard InChI is InChI=1S/C4H11NO.I2/c1-5(2)3-4-6;1-2/h6H,3-4H2,1-2H3;. The predicted molar refractivity (Wildman–Crippen MR) is 53.7 cm³/mol. The fraction of sp³-hybridized carbons (Fsp3) is 1.00. The second kappa shape index (κ2) is 11.2. The van der Waals surface area contributed by atoms with Gasteiger partial charge in [-0.15, -0.1) is 0 Å². The van der Waals surface area contributed by atoms with Crippen molar-refractivity contribution < 1.29 is 5.11 Å². The van der Waals surface area contributed by atoms with Gasteiger partial charge >= 0.3 is 0 Å². The summed E-state index contributed by atoms with van der Waals surface area (Å²) in [6.45, 7) is 1.02. The van der Waals surface area contributed by atoms with Gasteiger partial charge in [0, 0.05) is 43.8 Å². The fourth-order valence-corrected chi connectivity index (χ4v) is 0.200. The van der Waals surface area contributed by atoms with Crippen molar-refractivity contribution in [2.45, 2.75) is 0 Å². The quantitative estimate of drug-likeness (QED) is 0.765. The Kier molecular flexibility index (Phi) is 17.0. The first-order valence-corrected chi connectivity index (χ1v) is 8.46. The third kappa shape index (κ3) is 15.7. The number of halogens is 2. The van der Waals surface area contributed by atoms with Crippen molar-refractivity contribution in [2.75, 3.05) is 27.2 Å². The Bertz CT molecular complexity index is 35.2. The molecule has 0 aromatic heterocycles. The number of hydrogen-bond donors (Lipinski definition) is 1. The third-order valence-corrected chi connectivity index (χ3v) is 0.547. The molecule has 0 aliphatic carbocycles. The fourth-order valence-electron chi connectivity index (χ4n) is 0.200. The van der Waals surface area contributed by atoms with E-state index < -0.39 is 0 Å². The zero-order valence-corrected chi connectivity index (χ0v) is 9.38. The van der Waals surface area contributed by atoms with Gasteiger partial charge in [0.2, 0.25) is 0 Å². The Morgan fingerprint density at radius 2 is 1.75 bits per heavy atom. The lowest BCUT2D eigenvalue weighted by Gasteiger charge is -2.03.